The van der Waals surface area contributed by atoms with Gasteiger partial charge in [-0.15, -0.1) is 0 Å². The first kappa shape index (κ1) is 17.2. The molecule has 7 heteroatoms. The summed E-state index contributed by atoms with van der Waals surface area (Å²) in [6.07, 6.45) is 4.99. The van der Waals surface area contributed by atoms with Gasteiger partial charge in [0.15, 0.2) is 5.79 Å². The predicted molar refractivity (Wildman–Crippen MR) is 88.7 cm³/mol. The van der Waals surface area contributed by atoms with E-state index in [1.807, 2.05) is 0 Å². The smallest absolute Gasteiger partial charge is 0.215 e. The minimum atomic E-state index is -3.46. The van der Waals surface area contributed by atoms with Gasteiger partial charge in [-0.3, -0.25) is 0 Å². The summed E-state index contributed by atoms with van der Waals surface area (Å²) in [5.41, 5.74) is 0.592. The van der Waals surface area contributed by atoms with E-state index in [4.69, 9.17) is 21.1 Å². The summed E-state index contributed by atoms with van der Waals surface area (Å²) >= 11 is 6.02. The van der Waals surface area contributed by atoms with E-state index in [9.17, 15) is 8.42 Å². The third-order valence-electron chi connectivity index (χ3n) is 4.36. The Hall–Kier alpha value is -0.660. The van der Waals surface area contributed by atoms with Crippen LogP contribution >= 0.6 is 11.6 Å². The lowest BCUT2D eigenvalue weighted by molar-refractivity contribution is -0.186. The summed E-state index contributed by atoms with van der Waals surface area (Å²) in [6, 6.07) is 6.96. The number of ether oxygens (including phenoxy) is 2. The molecule has 128 valence electrons. The first-order valence-electron chi connectivity index (χ1n) is 8.01. The molecule has 1 aliphatic heterocycles. The second-order valence-corrected chi connectivity index (χ2v) is 8.44. The molecule has 0 bridgehead atoms. The Kier molecular flexibility index (Phi) is 5.28. The highest BCUT2D eigenvalue weighted by molar-refractivity contribution is 7.88. The normalized spacial score (nSPS) is 24.1. The largest absolute Gasteiger partial charge is 0.347 e. The molecule has 1 spiro atoms. The quantitative estimate of drug-likeness (QED) is 0.878. The Morgan fingerprint density at radius 2 is 1.96 bits per heavy atom. The van der Waals surface area contributed by atoms with Crippen molar-refractivity contribution in [2.24, 2.45) is 0 Å². The minimum absolute atomic E-state index is 0.134. The van der Waals surface area contributed by atoms with E-state index < -0.39 is 15.8 Å². The molecule has 1 aromatic rings. The lowest BCUT2D eigenvalue weighted by Gasteiger charge is -2.31. The number of hydrogen-bond acceptors (Lipinski definition) is 4. The highest BCUT2D eigenvalue weighted by atomic mass is 35.5. The van der Waals surface area contributed by atoms with Crippen molar-refractivity contribution in [3.05, 3.63) is 34.9 Å². The first-order valence-corrected chi connectivity index (χ1v) is 10.0. The molecule has 1 atom stereocenters. The molecule has 1 unspecified atom stereocenters. The second-order valence-electron chi connectivity index (χ2n) is 6.22. The average molecular weight is 360 g/mol. The van der Waals surface area contributed by atoms with E-state index in [1.165, 1.54) is 6.42 Å². The average Bonchev–Trinajstić information content (AvgIpc) is 2.91. The zero-order valence-electron chi connectivity index (χ0n) is 13.0. The molecule has 1 saturated heterocycles. The van der Waals surface area contributed by atoms with Gasteiger partial charge >= 0.3 is 0 Å². The molecule has 0 aromatic heterocycles. The lowest BCUT2D eigenvalue weighted by Crippen LogP contribution is -2.37. The van der Waals surface area contributed by atoms with Crippen LogP contribution in [0.25, 0.3) is 0 Å². The monoisotopic (exact) mass is 359 g/mol. The van der Waals surface area contributed by atoms with E-state index in [1.54, 1.807) is 24.3 Å². The SMILES string of the molecule is O=S(=O)(Cc1ccccc1Cl)NCC1COC2(CCCCC2)O1. The fourth-order valence-electron chi connectivity index (χ4n) is 3.16. The number of halogens is 1. The van der Waals surface area contributed by atoms with Crippen LogP contribution in [0.3, 0.4) is 0 Å². The van der Waals surface area contributed by atoms with Crippen molar-refractivity contribution in [3.8, 4) is 0 Å². The third kappa shape index (κ3) is 4.45. The van der Waals surface area contributed by atoms with Crippen LogP contribution in [0, 0.1) is 0 Å². The van der Waals surface area contributed by atoms with Crippen molar-refractivity contribution >= 4 is 21.6 Å². The van der Waals surface area contributed by atoms with Crippen LogP contribution in [0.1, 0.15) is 37.7 Å². The summed E-state index contributed by atoms with van der Waals surface area (Å²) in [5.74, 6) is -0.609. The number of benzene rings is 1. The number of hydrogen-bond donors (Lipinski definition) is 1. The van der Waals surface area contributed by atoms with Gasteiger partial charge in [0.1, 0.15) is 0 Å². The summed E-state index contributed by atoms with van der Waals surface area (Å²) in [4.78, 5) is 0. The van der Waals surface area contributed by atoms with Gasteiger partial charge in [0.25, 0.3) is 0 Å². The van der Waals surface area contributed by atoms with E-state index in [0.717, 1.165) is 25.7 Å². The van der Waals surface area contributed by atoms with Crippen LogP contribution in [0.15, 0.2) is 24.3 Å². The number of nitrogens with one attached hydrogen (secondary N) is 1. The molecule has 3 rings (SSSR count). The van der Waals surface area contributed by atoms with Crippen LogP contribution < -0.4 is 4.72 Å². The van der Waals surface area contributed by atoms with Gasteiger partial charge < -0.3 is 9.47 Å². The van der Waals surface area contributed by atoms with Crippen molar-refractivity contribution in [1.29, 1.82) is 0 Å². The highest BCUT2D eigenvalue weighted by Crippen LogP contribution is 2.37. The van der Waals surface area contributed by atoms with Gasteiger partial charge in [0, 0.05) is 24.4 Å². The van der Waals surface area contributed by atoms with Crippen molar-refractivity contribution in [2.45, 2.75) is 49.7 Å². The maximum Gasteiger partial charge on any atom is 0.215 e. The minimum Gasteiger partial charge on any atom is -0.347 e. The van der Waals surface area contributed by atoms with Crippen LogP contribution in [0.5, 0.6) is 0 Å². The van der Waals surface area contributed by atoms with E-state index in [2.05, 4.69) is 4.72 Å². The molecule has 5 nitrogen and oxygen atoms in total. The maximum atomic E-state index is 12.2. The number of sulfonamides is 1. The molecule has 2 fully saturated rings. The fourth-order valence-corrected chi connectivity index (χ4v) is 4.65. The Morgan fingerprint density at radius 3 is 2.70 bits per heavy atom. The molecule has 2 aliphatic rings. The molecule has 0 amide bonds. The van der Waals surface area contributed by atoms with Gasteiger partial charge in [0.2, 0.25) is 10.0 Å². The zero-order valence-corrected chi connectivity index (χ0v) is 14.5. The maximum absolute atomic E-state index is 12.2. The second kappa shape index (κ2) is 7.07. The van der Waals surface area contributed by atoms with Gasteiger partial charge in [-0.1, -0.05) is 36.2 Å². The highest BCUT2D eigenvalue weighted by Gasteiger charge is 2.42. The van der Waals surface area contributed by atoms with Crippen LogP contribution in [0.2, 0.25) is 5.02 Å². The molecule has 1 aliphatic carbocycles. The summed E-state index contributed by atoms with van der Waals surface area (Å²) in [5, 5.41) is 0.458. The van der Waals surface area contributed by atoms with Gasteiger partial charge in [-0.25, -0.2) is 13.1 Å². The zero-order chi connectivity index (χ0) is 16.3. The van der Waals surface area contributed by atoms with Crippen LogP contribution in [0.4, 0.5) is 0 Å². The summed E-state index contributed by atoms with van der Waals surface area (Å²) in [7, 11) is -3.46. The van der Waals surface area contributed by atoms with Gasteiger partial charge in [0.05, 0.1) is 18.5 Å². The van der Waals surface area contributed by atoms with Crippen molar-refractivity contribution in [2.75, 3.05) is 13.2 Å². The standard InChI is InChI=1S/C16H22ClNO4S/c17-15-7-3-2-6-13(15)12-23(19,20)18-10-14-11-21-16(22-14)8-4-1-5-9-16/h2-3,6-7,14,18H,1,4-5,8-12H2. The van der Waals surface area contributed by atoms with Crippen LogP contribution in [-0.4, -0.2) is 33.5 Å². The predicted octanol–water partition coefficient (Wildman–Crippen LogP) is 2.84. The molecule has 1 aromatic carbocycles. The molecule has 0 radical (unpaired) electrons. The summed E-state index contributed by atoms with van der Waals surface area (Å²) < 4.78 is 38.8. The van der Waals surface area contributed by atoms with Crippen LogP contribution in [-0.2, 0) is 25.2 Å². The van der Waals surface area contributed by atoms with Crippen molar-refractivity contribution < 1.29 is 17.9 Å². The topological polar surface area (TPSA) is 64.6 Å². The molecular formula is C16H22ClNO4S. The molecule has 1 N–H and O–H groups in total. The van der Waals surface area contributed by atoms with Gasteiger partial charge in [-0.05, 0) is 24.5 Å². The van der Waals surface area contributed by atoms with E-state index >= 15 is 0 Å². The Balaban J connectivity index is 1.53. The summed E-state index contributed by atoms with van der Waals surface area (Å²) in [6.45, 7) is 0.670. The lowest BCUT2D eigenvalue weighted by atomic mass is 9.94. The van der Waals surface area contributed by atoms with E-state index in [-0.39, 0.29) is 18.4 Å². The molecule has 1 heterocycles. The Bertz CT molecular complexity index is 643. The molecule has 1 saturated carbocycles. The molecule has 23 heavy (non-hydrogen) atoms. The third-order valence-corrected chi connectivity index (χ3v) is 6.03. The van der Waals surface area contributed by atoms with E-state index in [0.29, 0.717) is 17.2 Å². The van der Waals surface area contributed by atoms with Crippen molar-refractivity contribution in [1.82, 2.24) is 4.72 Å². The Morgan fingerprint density at radius 1 is 1.22 bits per heavy atom. The Labute approximate surface area is 142 Å². The number of rotatable bonds is 5. The van der Waals surface area contributed by atoms with Crippen molar-refractivity contribution in [3.63, 3.8) is 0 Å². The first-order chi connectivity index (χ1) is 11.0. The van der Waals surface area contributed by atoms with Gasteiger partial charge in [-0.2, -0.15) is 0 Å². The molecular weight excluding hydrogens is 338 g/mol. The fraction of sp³-hybridized carbons (Fsp3) is 0.625.